The van der Waals surface area contributed by atoms with Gasteiger partial charge in [0.2, 0.25) is 0 Å². The molecule has 1 heterocycles. The number of benzene rings is 2. The molecule has 1 N–H and O–H groups in total. The molecule has 2 aromatic carbocycles. The summed E-state index contributed by atoms with van der Waals surface area (Å²) in [4.78, 5) is 39.5. The molecule has 2 aromatic rings. The highest BCUT2D eigenvalue weighted by Crippen LogP contribution is 2.36. The largest absolute Gasteiger partial charge is 0.490 e. The maximum Gasteiger partial charge on any atom is 0.331 e. The zero-order valence-corrected chi connectivity index (χ0v) is 22.2. The van der Waals surface area contributed by atoms with Gasteiger partial charge in [-0.3, -0.25) is 19.8 Å². The van der Waals surface area contributed by atoms with E-state index in [1.54, 1.807) is 18.2 Å². The zero-order valence-electron chi connectivity index (χ0n) is 19.3. The van der Waals surface area contributed by atoms with Crippen molar-refractivity contribution in [1.82, 2.24) is 10.2 Å². The number of barbiturate groups is 1. The maximum absolute atomic E-state index is 13.2. The molecule has 0 bridgehead atoms. The van der Waals surface area contributed by atoms with E-state index in [0.29, 0.717) is 35.3 Å². The Hall–Kier alpha value is -2.59. The topological polar surface area (TPSA) is 84.9 Å². The number of amides is 4. The number of halogens is 2. The van der Waals surface area contributed by atoms with E-state index in [9.17, 15) is 14.4 Å². The van der Waals surface area contributed by atoms with Crippen LogP contribution in [-0.2, 0) is 16.2 Å². The predicted molar refractivity (Wildman–Crippen MR) is 141 cm³/mol. The molecule has 1 saturated heterocycles. The van der Waals surface area contributed by atoms with Crippen LogP contribution in [0.3, 0.4) is 0 Å². The van der Waals surface area contributed by atoms with Gasteiger partial charge in [0.15, 0.2) is 11.5 Å². The van der Waals surface area contributed by atoms with Gasteiger partial charge in [-0.1, -0.05) is 43.0 Å². The van der Waals surface area contributed by atoms with Crippen LogP contribution in [0.1, 0.15) is 50.2 Å². The summed E-state index contributed by atoms with van der Waals surface area (Å²) in [5, 5.41) is 2.98. The van der Waals surface area contributed by atoms with Gasteiger partial charge in [-0.2, -0.15) is 0 Å². The normalized spacial score (nSPS) is 18.1. The Balaban J connectivity index is 1.61. The molecule has 1 saturated carbocycles. The third kappa shape index (κ3) is 5.98. The number of carbonyl (C=O) groups excluding carboxylic acids is 3. The first-order valence-electron chi connectivity index (χ1n) is 11.6. The molecule has 7 nitrogen and oxygen atoms in total. The van der Waals surface area contributed by atoms with E-state index in [2.05, 4.69) is 27.9 Å². The molecule has 1 aliphatic heterocycles. The number of hydrogen-bond donors (Lipinski definition) is 1. The van der Waals surface area contributed by atoms with Gasteiger partial charge in [-0.05, 0) is 83.8 Å². The van der Waals surface area contributed by atoms with Crippen molar-refractivity contribution in [2.75, 3.05) is 6.61 Å². The summed E-state index contributed by atoms with van der Waals surface area (Å²) in [6, 6.07) is 10.1. The minimum absolute atomic E-state index is 0.0664. The van der Waals surface area contributed by atoms with Crippen LogP contribution in [0.4, 0.5) is 4.79 Å². The minimum atomic E-state index is -0.692. The van der Waals surface area contributed by atoms with Crippen molar-refractivity contribution >= 4 is 58.1 Å². The number of nitrogens with zero attached hydrogens (tertiary/aromatic N) is 1. The minimum Gasteiger partial charge on any atom is -0.490 e. The van der Waals surface area contributed by atoms with Crippen LogP contribution in [0.5, 0.6) is 11.5 Å². The van der Waals surface area contributed by atoms with E-state index in [4.69, 9.17) is 21.1 Å². The number of imide groups is 2. The second kappa shape index (κ2) is 11.4. The second-order valence-corrected chi connectivity index (χ2v) is 10.1. The smallest absolute Gasteiger partial charge is 0.331 e. The van der Waals surface area contributed by atoms with Gasteiger partial charge in [0, 0.05) is 11.1 Å². The lowest BCUT2D eigenvalue weighted by molar-refractivity contribution is -0.132. The molecule has 0 radical (unpaired) electrons. The molecule has 4 rings (SSSR count). The Bertz CT molecular complexity index is 1160. The first kappa shape index (κ1) is 25.5. The van der Waals surface area contributed by atoms with E-state index >= 15 is 0 Å². The highest BCUT2D eigenvalue weighted by atomic mass is 127. The first-order valence-corrected chi connectivity index (χ1v) is 13.1. The van der Waals surface area contributed by atoms with Gasteiger partial charge < -0.3 is 9.47 Å². The van der Waals surface area contributed by atoms with Crippen LogP contribution in [0.15, 0.2) is 42.0 Å². The highest BCUT2D eigenvalue weighted by Gasteiger charge is 2.40. The molecule has 9 heteroatoms. The highest BCUT2D eigenvalue weighted by molar-refractivity contribution is 14.1. The fraction of sp³-hybridized carbons (Fsp3) is 0.346. The average Bonchev–Trinajstić information content (AvgIpc) is 2.83. The molecule has 1 aliphatic carbocycles. The zero-order chi connectivity index (χ0) is 24.9. The van der Waals surface area contributed by atoms with Crippen molar-refractivity contribution in [2.45, 2.75) is 51.7 Å². The van der Waals surface area contributed by atoms with E-state index in [-0.39, 0.29) is 11.6 Å². The molecule has 0 aromatic heterocycles. The number of nitrogens with one attached hydrogen (secondary N) is 1. The van der Waals surface area contributed by atoms with Crippen LogP contribution in [0.2, 0.25) is 5.02 Å². The van der Waals surface area contributed by atoms with Gasteiger partial charge >= 0.3 is 6.03 Å². The van der Waals surface area contributed by atoms with Crippen LogP contribution in [0, 0.1) is 3.57 Å². The van der Waals surface area contributed by atoms with Gasteiger partial charge in [0.05, 0.1) is 10.2 Å². The molecule has 2 aliphatic rings. The molecule has 0 atom stereocenters. The number of carbonyl (C=O) groups is 3. The van der Waals surface area contributed by atoms with Gasteiger partial charge in [0.1, 0.15) is 12.2 Å². The summed E-state index contributed by atoms with van der Waals surface area (Å²) in [6.45, 7) is 2.61. The predicted octanol–water partition coefficient (Wildman–Crippen LogP) is 5.72. The Morgan fingerprint density at radius 3 is 2.49 bits per heavy atom. The summed E-state index contributed by atoms with van der Waals surface area (Å²) in [5.41, 5.74) is 1.49. The second-order valence-electron chi connectivity index (χ2n) is 8.46. The summed E-state index contributed by atoms with van der Waals surface area (Å²) < 4.78 is 12.6. The Kier molecular flexibility index (Phi) is 8.33. The third-order valence-electron chi connectivity index (χ3n) is 6.01. The van der Waals surface area contributed by atoms with Crippen molar-refractivity contribution in [3.63, 3.8) is 0 Å². The van der Waals surface area contributed by atoms with E-state index in [1.807, 2.05) is 25.1 Å². The lowest BCUT2D eigenvalue weighted by atomic mass is 9.93. The molecule has 0 spiro atoms. The van der Waals surface area contributed by atoms with E-state index in [1.165, 1.54) is 11.0 Å². The van der Waals surface area contributed by atoms with Gasteiger partial charge in [-0.15, -0.1) is 0 Å². The molecular weight excluding hydrogens is 583 g/mol. The van der Waals surface area contributed by atoms with Crippen LogP contribution >= 0.6 is 34.2 Å². The Labute approximate surface area is 222 Å². The number of urea groups is 1. The van der Waals surface area contributed by atoms with Gasteiger partial charge in [0.25, 0.3) is 11.8 Å². The Morgan fingerprint density at radius 1 is 1.09 bits per heavy atom. The van der Waals surface area contributed by atoms with Crippen molar-refractivity contribution in [1.29, 1.82) is 0 Å². The fourth-order valence-electron chi connectivity index (χ4n) is 4.32. The van der Waals surface area contributed by atoms with E-state index < -0.39 is 17.8 Å². The number of hydrogen-bond acceptors (Lipinski definition) is 5. The van der Waals surface area contributed by atoms with E-state index in [0.717, 1.165) is 41.2 Å². The maximum atomic E-state index is 13.2. The van der Waals surface area contributed by atoms with Crippen molar-refractivity contribution in [3.8, 4) is 11.5 Å². The third-order valence-corrected chi connectivity index (χ3v) is 7.07. The number of rotatable bonds is 7. The van der Waals surface area contributed by atoms with Crippen LogP contribution < -0.4 is 14.8 Å². The SMILES string of the molecule is CCOc1cc(C=C2C(=O)NC(=O)N(C3CCCCC3)C2=O)cc(I)c1OCc1ccc(Cl)cc1. The Morgan fingerprint density at radius 2 is 1.80 bits per heavy atom. The summed E-state index contributed by atoms with van der Waals surface area (Å²) >= 11 is 8.10. The number of ether oxygens (including phenoxy) is 2. The lowest BCUT2D eigenvalue weighted by Gasteiger charge is -2.35. The molecule has 2 fully saturated rings. The lowest BCUT2D eigenvalue weighted by Crippen LogP contribution is -2.58. The van der Waals surface area contributed by atoms with Crippen molar-refractivity contribution in [3.05, 3.63) is 61.7 Å². The summed E-state index contributed by atoms with van der Waals surface area (Å²) in [7, 11) is 0. The van der Waals surface area contributed by atoms with Crippen molar-refractivity contribution < 1.29 is 23.9 Å². The summed E-state index contributed by atoms with van der Waals surface area (Å²) in [5.74, 6) is -0.170. The molecule has 35 heavy (non-hydrogen) atoms. The average molecular weight is 609 g/mol. The molecular formula is C26H26ClIN2O5. The molecule has 0 unspecified atom stereocenters. The molecule has 184 valence electrons. The van der Waals surface area contributed by atoms with Crippen LogP contribution in [0.25, 0.3) is 6.08 Å². The van der Waals surface area contributed by atoms with Crippen molar-refractivity contribution in [2.24, 2.45) is 0 Å². The van der Waals surface area contributed by atoms with Gasteiger partial charge in [-0.25, -0.2) is 4.79 Å². The molecule has 4 amide bonds. The fourth-order valence-corrected chi connectivity index (χ4v) is 5.23. The quantitative estimate of drug-likeness (QED) is 0.247. The standard InChI is InChI=1S/C26H26ClIN2O5/c1-2-34-22-14-17(13-21(28)23(22)35-15-16-8-10-18(27)11-9-16)12-20-24(31)29-26(33)30(25(20)32)19-6-4-3-5-7-19/h8-14,19H,2-7,15H2,1H3,(H,29,31,33). The first-order chi connectivity index (χ1) is 16.9. The summed E-state index contributed by atoms with van der Waals surface area (Å²) in [6.07, 6.45) is 6.03. The van der Waals surface area contributed by atoms with Crippen LogP contribution in [-0.4, -0.2) is 35.4 Å². The monoisotopic (exact) mass is 608 g/mol.